The lowest BCUT2D eigenvalue weighted by Gasteiger charge is -2.34. The van der Waals surface area contributed by atoms with E-state index in [1.165, 1.54) is 0 Å². The van der Waals surface area contributed by atoms with Crippen molar-refractivity contribution in [2.75, 3.05) is 0 Å². The Morgan fingerprint density at radius 2 is 1.92 bits per heavy atom. The minimum Gasteiger partial charge on any atom is -0.299 e. The highest BCUT2D eigenvalue weighted by Gasteiger charge is 2.32. The molecule has 0 N–H and O–H groups in total. The molecule has 0 spiro atoms. The van der Waals surface area contributed by atoms with Gasteiger partial charge in [-0.1, -0.05) is 27.7 Å². The van der Waals surface area contributed by atoms with E-state index in [9.17, 15) is 4.79 Å². The number of Topliss-reactive ketones (excluding diaryl/α,β-unsaturated/α-hetero) is 1. The van der Waals surface area contributed by atoms with E-state index >= 15 is 0 Å². The van der Waals surface area contributed by atoms with E-state index in [0.29, 0.717) is 17.6 Å². The number of ketones is 1. The Kier molecular flexibility index (Phi) is 2.92. The number of rotatable bonds is 1. The normalized spacial score (nSPS) is 37.4. The van der Waals surface area contributed by atoms with Gasteiger partial charge in [0.2, 0.25) is 0 Å². The molecule has 1 heteroatoms. The second kappa shape index (κ2) is 3.59. The maximum absolute atomic E-state index is 11.4. The van der Waals surface area contributed by atoms with Crippen molar-refractivity contribution in [2.45, 2.75) is 40.5 Å². The molecule has 0 unspecified atom stereocenters. The van der Waals surface area contributed by atoms with Crippen LogP contribution in [0.1, 0.15) is 40.5 Å². The van der Waals surface area contributed by atoms with Crippen LogP contribution in [0.2, 0.25) is 0 Å². The van der Waals surface area contributed by atoms with Crippen LogP contribution in [0, 0.1) is 23.7 Å². The highest BCUT2D eigenvalue weighted by Crippen LogP contribution is 2.35. The van der Waals surface area contributed by atoms with Crippen molar-refractivity contribution in [3.05, 3.63) is 0 Å². The summed E-state index contributed by atoms with van der Waals surface area (Å²) in [5.41, 5.74) is 0. The second-order valence-corrected chi connectivity index (χ2v) is 4.69. The molecule has 1 rings (SSSR count). The van der Waals surface area contributed by atoms with E-state index in [0.717, 1.165) is 24.7 Å². The maximum atomic E-state index is 11.4. The van der Waals surface area contributed by atoms with Crippen LogP contribution >= 0.6 is 0 Å². The molecule has 1 aliphatic carbocycles. The van der Waals surface area contributed by atoms with Crippen molar-refractivity contribution in [2.24, 2.45) is 23.7 Å². The Bertz CT molecular complexity index is 172. The third kappa shape index (κ3) is 1.88. The predicted octanol–water partition coefficient (Wildman–Crippen LogP) is 2.89. The van der Waals surface area contributed by atoms with Crippen molar-refractivity contribution in [1.82, 2.24) is 0 Å². The van der Waals surface area contributed by atoms with E-state index in [2.05, 4.69) is 27.7 Å². The zero-order chi connectivity index (χ0) is 9.30. The van der Waals surface area contributed by atoms with Gasteiger partial charge >= 0.3 is 0 Å². The molecule has 0 aromatic carbocycles. The summed E-state index contributed by atoms with van der Waals surface area (Å²) in [6.45, 7) is 8.82. The Balaban J connectivity index is 2.61. The van der Waals surface area contributed by atoms with Crippen LogP contribution in [-0.4, -0.2) is 5.78 Å². The largest absolute Gasteiger partial charge is 0.299 e. The lowest BCUT2D eigenvalue weighted by molar-refractivity contribution is -0.127. The smallest absolute Gasteiger partial charge is 0.135 e. The van der Waals surface area contributed by atoms with Crippen LogP contribution in [0.4, 0.5) is 0 Å². The van der Waals surface area contributed by atoms with Gasteiger partial charge in [-0.2, -0.15) is 0 Å². The first-order valence-electron chi connectivity index (χ1n) is 5.05. The summed E-state index contributed by atoms with van der Waals surface area (Å²) in [7, 11) is 0. The predicted molar refractivity (Wildman–Crippen MR) is 50.9 cm³/mol. The molecular formula is C11H20O. The van der Waals surface area contributed by atoms with E-state index < -0.39 is 0 Å². The summed E-state index contributed by atoms with van der Waals surface area (Å²) < 4.78 is 0. The van der Waals surface area contributed by atoms with Crippen LogP contribution in [0.25, 0.3) is 0 Å². The first-order valence-corrected chi connectivity index (χ1v) is 5.05. The van der Waals surface area contributed by atoms with Gasteiger partial charge < -0.3 is 0 Å². The fourth-order valence-electron chi connectivity index (χ4n) is 2.37. The van der Waals surface area contributed by atoms with Crippen LogP contribution < -0.4 is 0 Å². The summed E-state index contributed by atoms with van der Waals surface area (Å²) in [5, 5.41) is 0. The first kappa shape index (κ1) is 9.76. The van der Waals surface area contributed by atoms with Crippen LogP contribution in [0.15, 0.2) is 0 Å². The minimum absolute atomic E-state index is 0.314. The lowest BCUT2D eigenvalue weighted by atomic mass is 9.70. The Morgan fingerprint density at radius 3 is 2.42 bits per heavy atom. The molecular weight excluding hydrogens is 148 g/mol. The second-order valence-electron chi connectivity index (χ2n) is 4.69. The van der Waals surface area contributed by atoms with E-state index in [1.807, 2.05) is 0 Å². The standard InChI is InChI=1S/C11H20O/c1-7(2)10-5-9(4)11(12)6-8(10)3/h7-10H,5-6H2,1-4H3/t8-,9+,10-/m0/s1. The Morgan fingerprint density at radius 1 is 1.33 bits per heavy atom. The molecule has 1 saturated carbocycles. The van der Waals surface area contributed by atoms with E-state index in [1.54, 1.807) is 0 Å². The molecule has 1 nitrogen and oxygen atoms in total. The van der Waals surface area contributed by atoms with Gasteiger partial charge in [-0.3, -0.25) is 4.79 Å². The topological polar surface area (TPSA) is 17.1 Å². The van der Waals surface area contributed by atoms with Gasteiger partial charge in [0.25, 0.3) is 0 Å². The molecule has 70 valence electrons. The molecule has 0 amide bonds. The van der Waals surface area contributed by atoms with Gasteiger partial charge in [-0.25, -0.2) is 0 Å². The molecule has 0 heterocycles. The van der Waals surface area contributed by atoms with Crippen molar-refractivity contribution < 1.29 is 4.79 Å². The van der Waals surface area contributed by atoms with E-state index in [4.69, 9.17) is 0 Å². The third-order valence-electron chi connectivity index (χ3n) is 3.29. The number of carbonyl (C=O) groups excluding carboxylic acids is 1. The Labute approximate surface area is 75.5 Å². The average molecular weight is 168 g/mol. The molecule has 0 aliphatic heterocycles. The molecule has 0 bridgehead atoms. The summed E-state index contributed by atoms with van der Waals surface area (Å²) in [4.78, 5) is 11.4. The van der Waals surface area contributed by atoms with Crippen molar-refractivity contribution >= 4 is 5.78 Å². The Hall–Kier alpha value is -0.330. The molecule has 0 radical (unpaired) electrons. The van der Waals surface area contributed by atoms with Crippen molar-refractivity contribution in [1.29, 1.82) is 0 Å². The summed E-state index contributed by atoms with van der Waals surface area (Å²) >= 11 is 0. The average Bonchev–Trinajstić information content (AvgIpc) is 1.96. The maximum Gasteiger partial charge on any atom is 0.135 e. The summed E-state index contributed by atoms with van der Waals surface area (Å²) in [5.74, 6) is 2.88. The highest BCUT2D eigenvalue weighted by molar-refractivity contribution is 5.81. The fraction of sp³-hybridized carbons (Fsp3) is 0.909. The van der Waals surface area contributed by atoms with Crippen molar-refractivity contribution in [3.8, 4) is 0 Å². The number of carbonyl (C=O) groups is 1. The third-order valence-corrected chi connectivity index (χ3v) is 3.29. The molecule has 0 saturated heterocycles. The molecule has 0 aromatic heterocycles. The fourth-order valence-corrected chi connectivity index (χ4v) is 2.37. The molecule has 0 aromatic rings. The number of hydrogen-bond acceptors (Lipinski definition) is 1. The summed E-state index contributed by atoms with van der Waals surface area (Å²) in [6, 6.07) is 0. The summed E-state index contributed by atoms with van der Waals surface area (Å²) in [6.07, 6.45) is 1.92. The minimum atomic E-state index is 0.314. The van der Waals surface area contributed by atoms with E-state index in [-0.39, 0.29) is 0 Å². The number of hydrogen-bond donors (Lipinski definition) is 0. The highest BCUT2D eigenvalue weighted by atomic mass is 16.1. The lowest BCUT2D eigenvalue weighted by Crippen LogP contribution is -2.31. The van der Waals surface area contributed by atoms with Gasteiger partial charge in [0.1, 0.15) is 5.78 Å². The van der Waals surface area contributed by atoms with Gasteiger partial charge in [0.05, 0.1) is 0 Å². The van der Waals surface area contributed by atoms with Crippen molar-refractivity contribution in [3.63, 3.8) is 0 Å². The van der Waals surface area contributed by atoms with Gasteiger partial charge in [0.15, 0.2) is 0 Å². The molecule has 1 fully saturated rings. The van der Waals surface area contributed by atoms with Crippen LogP contribution in [-0.2, 0) is 4.79 Å². The molecule has 12 heavy (non-hydrogen) atoms. The zero-order valence-corrected chi connectivity index (χ0v) is 8.63. The molecule has 1 aliphatic rings. The molecule has 3 atom stereocenters. The first-order chi connectivity index (χ1) is 5.52. The monoisotopic (exact) mass is 168 g/mol. The zero-order valence-electron chi connectivity index (χ0n) is 8.63. The quantitative estimate of drug-likeness (QED) is 0.588. The van der Waals surface area contributed by atoms with Gasteiger partial charge in [-0.05, 0) is 24.2 Å². The van der Waals surface area contributed by atoms with Gasteiger partial charge in [0, 0.05) is 12.3 Å². The van der Waals surface area contributed by atoms with Gasteiger partial charge in [-0.15, -0.1) is 0 Å². The van der Waals surface area contributed by atoms with Crippen LogP contribution in [0.3, 0.4) is 0 Å². The SMILES string of the molecule is CC(C)[C@@H]1C[C@@H](C)C(=O)C[C@@H]1C. The van der Waals surface area contributed by atoms with Crippen LogP contribution in [0.5, 0.6) is 0 Å².